The zero-order chi connectivity index (χ0) is 25.1. The van der Waals surface area contributed by atoms with Gasteiger partial charge in [0.2, 0.25) is 5.91 Å². The second-order valence-corrected chi connectivity index (χ2v) is 9.35. The highest BCUT2D eigenvalue weighted by Gasteiger charge is 2.31. The monoisotopic (exact) mass is 547 g/mol. The van der Waals surface area contributed by atoms with Crippen LogP contribution in [0.4, 0.5) is 10.5 Å². The Morgan fingerprint density at radius 1 is 1.09 bits per heavy atom. The molecule has 0 atom stereocenters. The molecule has 35 heavy (non-hydrogen) atoms. The largest absolute Gasteiger partial charge is 0.468 e. The van der Waals surface area contributed by atoms with E-state index in [1.165, 1.54) is 6.20 Å². The van der Waals surface area contributed by atoms with E-state index in [1.807, 2.05) is 29.2 Å². The molecule has 12 heteroatoms. The third-order valence-electron chi connectivity index (χ3n) is 6.42. The van der Waals surface area contributed by atoms with E-state index in [4.69, 9.17) is 0 Å². The van der Waals surface area contributed by atoms with Gasteiger partial charge in [-0.05, 0) is 46.8 Å². The van der Waals surface area contributed by atoms with E-state index in [2.05, 4.69) is 26.0 Å². The van der Waals surface area contributed by atoms with Crippen molar-refractivity contribution in [3.63, 3.8) is 0 Å². The number of benzene rings is 1. The van der Waals surface area contributed by atoms with E-state index in [0.29, 0.717) is 32.5 Å². The summed E-state index contributed by atoms with van der Waals surface area (Å²) in [6.07, 6.45) is 3.25. The van der Waals surface area contributed by atoms with Crippen LogP contribution in [0.5, 0.6) is 0 Å². The first-order chi connectivity index (χ1) is 16.8. The minimum atomic E-state index is -0.771. The van der Waals surface area contributed by atoms with E-state index in [9.17, 15) is 24.0 Å². The molecule has 0 aliphatic carbocycles. The van der Waals surface area contributed by atoms with Gasteiger partial charge in [-0.1, -0.05) is 18.2 Å². The Balaban J connectivity index is 1.39. The van der Waals surface area contributed by atoms with Crippen molar-refractivity contribution >= 4 is 39.5 Å². The van der Waals surface area contributed by atoms with Crippen molar-refractivity contribution in [3.05, 3.63) is 61.3 Å². The molecule has 2 aliphatic rings. The van der Waals surface area contributed by atoms with Crippen LogP contribution in [0.3, 0.4) is 0 Å². The molecular formula is C23H26BrN5O6. The molecule has 0 spiro atoms. The molecule has 1 N–H and O–H groups in total. The SMILES string of the molecule is COC(=O)Cn1c(=O)c(Br)cn(CC(=O)N2CCC(N3CCc4ccccc4NC3=O)CC2)c1=O. The maximum Gasteiger partial charge on any atom is 0.332 e. The number of anilines is 1. The number of aromatic nitrogens is 2. The van der Waals surface area contributed by atoms with Crippen LogP contribution in [0.15, 0.2) is 44.5 Å². The fourth-order valence-corrected chi connectivity index (χ4v) is 4.94. The van der Waals surface area contributed by atoms with Gasteiger partial charge in [-0.25, -0.2) is 14.2 Å². The topological polar surface area (TPSA) is 123 Å². The number of esters is 1. The molecule has 186 valence electrons. The summed E-state index contributed by atoms with van der Waals surface area (Å²) in [5, 5.41) is 2.98. The summed E-state index contributed by atoms with van der Waals surface area (Å²) < 4.78 is 6.43. The highest BCUT2D eigenvalue weighted by Crippen LogP contribution is 2.24. The second kappa shape index (κ2) is 10.5. The zero-order valence-electron chi connectivity index (χ0n) is 19.2. The number of halogens is 1. The number of fused-ring (bicyclic) bond motifs is 1. The Kier molecular flexibility index (Phi) is 7.39. The summed E-state index contributed by atoms with van der Waals surface area (Å²) >= 11 is 3.09. The van der Waals surface area contributed by atoms with Gasteiger partial charge in [-0.15, -0.1) is 0 Å². The van der Waals surface area contributed by atoms with Crippen LogP contribution in [-0.2, 0) is 33.8 Å². The summed E-state index contributed by atoms with van der Waals surface area (Å²) in [5.41, 5.74) is 0.481. The number of rotatable bonds is 5. The van der Waals surface area contributed by atoms with Gasteiger partial charge in [0, 0.05) is 37.6 Å². The van der Waals surface area contributed by atoms with E-state index in [1.54, 1.807) is 4.90 Å². The predicted octanol–water partition coefficient (Wildman–Crippen LogP) is 1.03. The van der Waals surface area contributed by atoms with Crippen LogP contribution in [0, 0.1) is 0 Å². The highest BCUT2D eigenvalue weighted by molar-refractivity contribution is 9.10. The lowest BCUT2D eigenvalue weighted by Crippen LogP contribution is -2.51. The number of nitrogens with one attached hydrogen (secondary N) is 1. The van der Waals surface area contributed by atoms with Crippen LogP contribution >= 0.6 is 15.9 Å². The number of urea groups is 1. The average Bonchev–Trinajstić information content (AvgIpc) is 3.03. The summed E-state index contributed by atoms with van der Waals surface area (Å²) in [6.45, 7) is 0.667. The number of hydrogen-bond acceptors (Lipinski definition) is 6. The van der Waals surface area contributed by atoms with Crippen molar-refractivity contribution < 1.29 is 19.1 Å². The predicted molar refractivity (Wildman–Crippen MR) is 130 cm³/mol. The molecule has 0 unspecified atom stereocenters. The summed E-state index contributed by atoms with van der Waals surface area (Å²) in [4.78, 5) is 65.8. The lowest BCUT2D eigenvalue weighted by Gasteiger charge is -2.38. The second-order valence-electron chi connectivity index (χ2n) is 8.50. The Hall–Kier alpha value is -3.41. The van der Waals surface area contributed by atoms with E-state index in [0.717, 1.165) is 33.9 Å². The van der Waals surface area contributed by atoms with Gasteiger partial charge in [0.25, 0.3) is 5.56 Å². The van der Waals surface area contributed by atoms with Crippen LogP contribution < -0.4 is 16.6 Å². The molecular weight excluding hydrogens is 522 g/mol. The molecule has 1 aromatic carbocycles. The van der Waals surface area contributed by atoms with Crippen LogP contribution in [0.1, 0.15) is 18.4 Å². The number of nitrogens with zero attached hydrogens (tertiary/aromatic N) is 4. The Bertz CT molecular complexity index is 1260. The molecule has 3 heterocycles. The van der Waals surface area contributed by atoms with Gasteiger partial charge in [0.05, 0.1) is 11.6 Å². The van der Waals surface area contributed by atoms with Gasteiger partial charge in [-0.3, -0.25) is 19.0 Å². The quantitative estimate of drug-likeness (QED) is 0.557. The first-order valence-corrected chi connectivity index (χ1v) is 12.1. The fourth-order valence-electron chi connectivity index (χ4n) is 4.48. The fraction of sp³-hybridized carbons (Fsp3) is 0.435. The van der Waals surface area contributed by atoms with Crippen LogP contribution in [0.25, 0.3) is 0 Å². The molecule has 0 bridgehead atoms. The van der Waals surface area contributed by atoms with Gasteiger partial charge in [0.1, 0.15) is 13.1 Å². The number of hydrogen-bond donors (Lipinski definition) is 1. The van der Waals surface area contributed by atoms with Gasteiger partial charge < -0.3 is 19.9 Å². The highest BCUT2D eigenvalue weighted by atomic mass is 79.9. The lowest BCUT2D eigenvalue weighted by molar-refractivity contribution is -0.141. The smallest absolute Gasteiger partial charge is 0.332 e. The normalized spacial score (nSPS) is 16.3. The minimum Gasteiger partial charge on any atom is -0.468 e. The number of ether oxygens (including phenoxy) is 1. The maximum absolute atomic E-state index is 12.9. The first-order valence-electron chi connectivity index (χ1n) is 11.3. The summed E-state index contributed by atoms with van der Waals surface area (Å²) in [6, 6.07) is 7.62. The molecule has 3 amide bonds. The third-order valence-corrected chi connectivity index (χ3v) is 6.96. The first kappa shape index (κ1) is 24.7. The summed E-state index contributed by atoms with van der Waals surface area (Å²) in [7, 11) is 1.16. The van der Waals surface area contributed by atoms with Gasteiger partial charge >= 0.3 is 17.7 Å². The van der Waals surface area contributed by atoms with Crippen molar-refractivity contribution in [3.8, 4) is 0 Å². The minimum absolute atomic E-state index is 0.00666. The van der Waals surface area contributed by atoms with Crippen LogP contribution in [0.2, 0.25) is 0 Å². The van der Waals surface area contributed by atoms with Crippen molar-refractivity contribution in [2.24, 2.45) is 0 Å². The molecule has 11 nitrogen and oxygen atoms in total. The van der Waals surface area contributed by atoms with Crippen molar-refractivity contribution in [1.29, 1.82) is 0 Å². The maximum atomic E-state index is 12.9. The number of amides is 3. The standard InChI is InChI=1S/C23H26BrN5O6/c1-35-20(31)14-29-21(32)17(24)12-27(23(29)34)13-19(30)26-9-7-16(8-10-26)28-11-6-15-4-2-3-5-18(15)25-22(28)33/h2-5,12,16H,6-11,13-14H2,1H3,(H,25,33). The average molecular weight is 548 g/mol. The summed E-state index contributed by atoms with van der Waals surface area (Å²) in [5.74, 6) is -1.03. The zero-order valence-corrected chi connectivity index (χ0v) is 20.8. The van der Waals surface area contributed by atoms with Gasteiger partial charge in [-0.2, -0.15) is 0 Å². The van der Waals surface area contributed by atoms with Crippen molar-refractivity contribution in [2.75, 3.05) is 32.1 Å². The van der Waals surface area contributed by atoms with Crippen molar-refractivity contribution in [1.82, 2.24) is 18.9 Å². The molecule has 1 fully saturated rings. The number of methoxy groups -OCH3 is 1. The molecule has 1 aromatic heterocycles. The molecule has 0 radical (unpaired) electrons. The molecule has 1 saturated heterocycles. The van der Waals surface area contributed by atoms with E-state index < -0.39 is 23.8 Å². The Labute approximate surface area is 209 Å². The molecule has 2 aliphatic heterocycles. The number of piperidine rings is 1. The van der Waals surface area contributed by atoms with Crippen LogP contribution in [-0.4, -0.2) is 69.6 Å². The van der Waals surface area contributed by atoms with E-state index >= 15 is 0 Å². The Morgan fingerprint density at radius 2 is 1.80 bits per heavy atom. The van der Waals surface area contributed by atoms with Gasteiger partial charge in [0.15, 0.2) is 0 Å². The molecule has 0 saturated carbocycles. The molecule has 2 aromatic rings. The van der Waals surface area contributed by atoms with E-state index in [-0.39, 0.29) is 29.0 Å². The third kappa shape index (κ3) is 5.31. The number of likely N-dealkylation sites (tertiary alicyclic amines) is 1. The van der Waals surface area contributed by atoms with Crippen molar-refractivity contribution in [2.45, 2.75) is 38.4 Å². The number of para-hydroxylation sites is 1. The molecule has 4 rings (SSSR count). The number of carbonyl (C=O) groups excluding carboxylic acids is 3. The number of carbonyl (C=O) groups is 3. The Morgan fingerprint density at radius 3 is 2.51 bits per heavy atom. The lowest BCUT2D eigenvalue weighted by atomic mass is 10.0.